The van der Waals surface area contributed by atoms with Crippen LogP contribution in [0.1, 0.15) is 18.1 Å². The van der Waals surface area contributed by atoms with E-state index in [1.165, 1.54) is 5.56 Å². The highest BCUT2D eigenvalue weighted by molar-refractivity contribution is 9.10. The predicted octanol–water partition coefficient (Wildman–Crippen LogP) is 4.04. The third kappa shape index (κ3) is 4.24. The highest BCUT2D eigenvalue weighted by Crippen LogP contribution is 2.30. The Labute approximate surface area is 138 Å². The summed E-state index contributed by atoms with van der Waals surface area (Å²) >= 11 is 3.24. The molecule has 0 atom stereocenters. The largest absolute Gasteiger partial charge is 0.506 e. The van der Waals surface area contributed by atoms with Gasteiger partial charge < -0.3 is 15.2 Å². The quantitative estimate of drug-likeness (QED) is 0.788. The van der Waals surface area contributed by atoms with Crippen molar-refractivity contribution in [2.45, 2.75) is 20.3 Å². The predicted molar refractivity (Wildman–Crippen MR) is 90.5 cm³/mol. The van der Waals surface area contributed by atoms with Crippen molar-refractivity contribution in [1.82, 2.24) is 0 Å². The maximum atomic E-state index is 11.9. The second kappa shape index (κ2) is 7.31. The van der Waals surface area contributed by atoms with E-state index >= 15 is 0 Å². The average molecular weight is 364 g/mol. The molecule has 0 aromatic heterocycles. The van der Waals surface area contributed by atoms with Crippen LogP contribution in [0.4, 0.5) is 5.69 Å². The van der Waals surface area contributed by atoms with Gasteiger partial charge in [-0.25, -0.2) is 0 Å². The molecule has 0 spiro atoms. The number of ether oxygens (including phenoxy) is 1. The van der Waals surface area contributed by atoms with Crippen LogP contribution in [-0.4, -0.2) is 17.6 Å². The molecule has 2 N–H and O–H groups in total. The maximum Gasteiger partial charge on any atom is 0.262 e. The Bertz CT molecular complexity index is 645. The summed E-state index contributed by atoms with van der Waals surface area (Å²) in [6.45, 7) is 3.78. The zero-order valence-corrected chi connectivity index (χ0v) is 14.1. The average Bonchev–Trinajstić information content (AvgIpc) is 2.51. The second-order valence-electron chi connectivity index (χ2n) is 4.96. The molecule has 0 saturated heterocycles. The van der Waals surface area contributed by atoms with Crippen LogP contribution in [0.2, 0.25) is 0 Å². The minimum absolute atomic E-state index is 0.0665. The van der Waals surface area contributed by atoms with Crippen molar-refractivity contribution >= 4 is 27.5 Å². The molecule has 0 unspecified atom stereocenters. The lowest BCUT2D eigenvalue weighted by molar-refractivity contribution is -0.118. The van der Waals surface area contributed by atoms with Gasteiger partial charge in [0.05, 0.1) is 4.47 Å². The Morgan fingerprint density at radius 2 is 1.95 bits per heavy atom. The molecular formula is C17H18BrNO3. The molecule has 0 radical (unpaired) electrons. The van der Waals surface area contributed by atoms with Gasteiger partial charge in [0.2, 0.25) is 0 Å². The van der Waals surface area contributed by atoms with Crippen molar-refractivity contribution in [2.75, 3.05) is 11.9 Å². The monoisotopic (exact) mass is 363 g/mol. The molecule has 0 heterocycles. The van der Waals surface area contributed by atoms with E-state index in [9.17, 15) is 9.90 Å². The first-order valence-corrected chi connectivity index (χ1v) is 7.79. The summed E-state index contributed by atoms with van der Waals surface area (Å²) in [7, 11) is 0. The van der Waals surface area contributed by atoms with Gasteiger partial charge in [-0.1, -0.05) is 19.1 Å². The van der Waals surface area contributed by atoms with Gasteiger partial charge in [0, 0.05) is 5.69 Å². The molecule has 0 bridgehead atoms. The van der Waals surface area contributed by atoms with Crippen molar-refractivity contribution in [3.05, 3.63) is 52.0 Å². The summed E-state index contributed by atoms with van der Waals surface area (Å²) in [6, 6.07) is 11.0. The number of aryl methyl sites for hydroxylation is 2. The lowest BCUT2D eigenvalue weighted by Crippen LogP contribution is -2.20. The van der Waals surface area contributed by atoms with E-state index in [1.807, 2.05) is 24.3 Å². The SMILES string of the molecule is CCc1ccc(OCC(=O)Nc2cc(C)c(O)c(Br)c2)cc1. The number of carbonyl (C=O) groups is 1. The van der Waals surface area contributed by atoms with E-state index in [-0.39, 0.29) is 18.3 Å². The molecule has 1 amide bonds. The standard InChI is InChI=1S/C17H18BrNO3/c1-3-12-4-6-14(7-5-12)22-10-16(20)19-13-8-11(2)17(21)15(18)9-13/h4-9,21H,3,10H2,1-2H3,(H,19,20). The number of phenols is 1. The molecule has 2 rings (SSSR count). The van der Waals surface area contributed by atoms with Gasteiger partial charge in [-0.3, -0.25) is 4.79 Å². The first kappa shape index (κ1) is 16.4. The molecule has 4 nitrogen and oxygen atoms in total. The topological polar surface area (TPSA) is 58.6 Å². The molecule has 0 aliphatic rings. The Balaban J connectivity index is 1.92. The number of halogens is 1. The number of hydrogen-bond donors (Lipinski definition) is 2. The molecule has 2 aromatic rings. The highest BCUT2D eigenvalue weighted by Gasteiger charge is 2.08. The highest BCUT2D eigenvalue weighted by atomic mass is 79.9. The lowest BCUT2D eigenvalue weighted by atomic mass is 10.2. The molecule has 0 aliphatic heterocycles. The van der Waals surface area contributed by atoms with Crippen LogP contribution in [0.3, 0.4) is 0 Å². The Morgan fingerprint density at radius 1 is 1.27 bits per heavy atom. The number of hydrogen-bond acceptors (Lipinski definition) is 3. The zero-order valence-electron chi connectivity index (χ0n) is 12.5. The molecule has 22 heavy (non-hydrogen) atoms. The fourth-order valence-electron chi connectivity index (χ4n) is 1.98. The minimum atomic E-state index is -0.253. The van der Waals surface area contributed by atoms with E-state index in [0.717, 1.165) is 6.42 Å². The van der Waals surface area contributed by atoms with Gasteiger partial charge in [-0.15, -0.1) is 0 Å². The van der Waals surface area contributed by atoms with Crippen LogP contribution < -0.4 is 10.1 Å². The van der Waals surface area contributed by atoms with Crippen LogP contribution in [0.15, 0.2) is 40.9 Å². The molecule has 0 fully saturated rings. The van der Waals surface area contributed by atoms with Gasteiger partial charge in [0.25, 0.3) is 5.91 Å². The number of anilines is 1. The summed E-state index contributed by atoms with van der Waals surface area (Å²) in [5.74, 6) is 0.581. The first-order valence-electron chi connectivity index (χ1n) is 7.00. The first-order chi connectivity index (χ1) is 10.5. The zero-order chi connectivity index (χ0) is 16.1. The van der Waals surface area contributed by atoms with Gasteiger partial charge in [-0.2, -0.15) is 0 Å². The van der Waals surface area contributed by atoms with Crippen molar-refractivity contribution in [3.8, 4) is 11.5 Å². The van der Waals surface area contributed by atoms with E-state index < -0.39 is 0 Å². The molecule has 116 valence electrons. The number of aromatic hydroxyl groups is 1. The van der Waals surface area contributed by atoms with E-state index in [1.54, 1.807) is 19.1 Å². The van der Waals surface area contributed by atoms with E-state index in [4.69, 9.17) is 4.74 Å². The van der Waals surface area contributed by atoms with Gasteiger partial charge >= 0.3 is 0 Å². The number of carbonyl (C=O) groups excluding carboxylic acids is 1. The summed E-state index contributed by atoms with van der Waals surface area (Å²) in [5.41, 5.74) is 2.51. The summed E-state index contributed by atoms with van der Waals surface area (Å²) in [5, 5.41) is 12.4. The molecule has 0 aliphatic carbocycles. The fraction of sp³-hybridized carbons (Fsp3) is 0.235. The number of rotatable bonds is 5. The second-order valence-corrected chi connectivity index (χ2v) is 5.81. The van der Waals surface area contributed by atoms with Crippen molar-refractivity contribution in [2.24, 2.45) is 0 Å². The van der Waals surface area contributed by atoms with Crippen molar-refractivity contribution < 1.29 is 14.6 Å². The third-order valence-electron chi connectivity index (χ3n) is 3.24. The Morgan fingerprint density at radius 3 is 2.55 bits per heavy atom. The third-order valence-corrected chi connectivity index (χ3v) is 3.84. The fourth-order valence-corrected chi connectivity index (χ4v) is 2.54. The van der Waals surface area contributed by atoms with Crippen molar-refractivity contribution in [3.63, 3.8) is 0 Å². The van der Waals surface area contributed by atoms with Crippen LogP contribution in [0.25, 0.3) is 0 Å². The lowest BCUT2D eigenvalue weighted by Gasteiger charge is -2.10. The number of phenolic OH excluding ortho intramolecular Hbond substituents is 1. The molecule has 5 heteroatoms. The normalized spacial score (nSPS) is 10.3. The summed E-state index contributed by atoms with van der Waals surface area (Å²) < 4.78 is 5.99. The summed E-state index contributed by atoms with van der Waals surface area (Å²) in [6.07, 6.45) is 0.968. The Hall–Kier alpha value is -2.01. The van der Waals surface area contributed by atoms with Gasteiger partial charge in [-0.05, 0) is 64.7 Å². The number of benzene rings is 2. The summed E-state index contributed by atoms with van der Waals surface area (Å²) in [4.78, 5) is 11.9. The number of nitrogens with one attached hydrogen (secondary N) is 1. The van der Waals surface area contributed by atoms with Gasteiger partial charge in [0.15, 0.2) is 6.61 Å². The molecule has 0 saturated carbocycles. The maximum absolute atomic E-state index is 11.9. The molecular weight excluding hydrogens is 346 g/mol. The van der Waals surface area contributed by atoms with E-state index in [0.29, 0.717) is 21.5 Å². The van der Waals surface area contributed by atoms with E-state index in [2.05, 4.69) is 28.2 Å². The van der Waals surface area contributed by atoms with Crippen LogP contribution in [0, 0.1) is 6.92 Å². The minimum Gasteiger partial charge on any atom is -0.506 e. The molecule has 2 aromatic carbocycles. The van der Waals surface area contributed by atoms with Crippen LogP contribution in [-0.2, 0) is 11.2 Å². The van der Waals surface area contributed by atoms with Gasteiger partial charge in [0.1, 0.15) is 11.5 Å². The smallest absolute Gasteiger partial charge is 0.262 e. The van der Waals surface area contributed by atoms with Crippen LogP contribution in [0.5, 0.6) is 11.5 Å². The van der Waals surface area contributed by atoms with Crippen molar-refractivity contribution in [1.29, 1.82) is 0 Å². The van der Waals surface area contributed by atoms with Crippen LogP contribution >= 0.6 is 15.9 Å². The Kier molecular flexibility index (Phi) is 5.44. The number of amides is 1.